The van der Waals surface area contributed by atoms with E-state index < -0.39 is 0 Å². The summed E-state index contributed by atoms with van der Waals surface area (Å²) in [5.41, 5.74) is 1.46. The smallest absolute Gasteiger partial charge is 0.259 e. The number of pyridine rings is 1. The molecule has 0 radical (unpaired) electrons. The van der Waals surface area contributed by atoms with Gasteiger partial charge in [0.05, 0.1) is 11.8 Å². The maximum Gasteiger partial charge on any atom is 0.259 e. The zero-order valence-corrected chi connectivity index (χ0v) is 9.32. The molecule has 0 aliphatic heterocycles. The number of hydrogen-bond acceptors (Lipinski definition) is 5. The summed E-state index contributed by atoms with van der Waals surface area (Å²) >= 11 is 0. The molecule has 0 unspecified atom stereocenters. The molecular formula is C13H9N3O2. The third-order valence-electron chi connectivity index (χ3n) is 2.43. The Morgan fingerprint density at radius 1 is 1.00 bits per heavy atom. The predicted octanol–water partition coefficient (Wildman–Crippen LogP) is 2.50. The number of aromatic nitrogens is 3. The highest BCUT2D eigenvalue weighted by atomic mass is 16.5. The fourth-order valence-electron chi connectivity index (χ4n) is 1.59. The Balaban J connectivity index is 2.00. The lowest BCUT2D eigenvalue weighted by Crippen LogP contribution is -1.81. The van der Waals surface area contributed by atoms with Crippen molar-refractivity contribution in [3.8, 4) is 28.6 Å². The third kappa shape index (κ3) is 1.93. The van der Waals surface area contributed by atoms with E-state index in [1.165, 1.54) is 12.3 Å². The lowest BCUT2D eigenvalue weighted by Gasteiger charge is -1.93. The molecule has 3 aromatic rings. The number of benzene rings is 1. The minimum atomic E-state index is 0.0620. The average molecular weight is 239 g/mol. The van der Waals surface area contributed by atoms with Crippen LogP contribution in [0.2, 0.25) is 0 Å². The highest BCUT2D eigenvalue weighted by Crippen LogP contribution is 2.23. The van der Waals surface area contributed by atoms with Gasteiger partial charge in [0.15, 0.2) is 0 Å². The standard InChI is InChI=1S/C13H9N3O2/c17-11-6-10(7-14-8-11)13-15-12(16-18-13)9-4-2-1-3-5-9/h1-8,17H. The second kappa shape index (κ2) is 4.29. The zero-order valence-electron chi connectivity index (χ0n) is 9.32. The third-order valence-corrected chi connectivity index (χ3v) is 2.43. The van der Waals surface area contributed by atoms with Gasteiger partial charge in [-0.15, -0.1) is 0 Å². The van der Waals surface area contributed by atoms with E-state index >= 15 is 0 Å². The molecule has 2 aromatic heterocycles. The molecule has 88 valence electrons. The molecule has 0 spiro atoms. The van der Waals surface area contributed by atoms with Gasteiger partial charge in [-0.3, -0.25) is 4.98 Å². The fourth-order valence-corrected chi connectivity index (χ4v) is 1.59. The van der Waals surface area contributed by atoms with Crippen LogP contribution in [0.25, 0.3) is 22.8 Å². The first-order valence-electron chi connectivity index (χ1n) is 5.36. The average Bonchev–Trinajstić information content (AvgIpc) is 2.89. The molecule has 0 atom stereocenters. The van der Waals surface area contributed by atoms with Gasteiger partial charge in [0.2, 0.25) is 5.82 Å². The lowest BCUT2D eigenvalue weighted by atomic mass is 10.2. The highest BCUT2D eigenvalue weighted by molar-refractivity contribution is 5.59. The van der Waals surface area contributed by atoms with E-state index in [-0.39, 0.29) is 5.75 Å². The van der Waals surface area contributed by atoms with Gasteiger partial charge in [0.1, 0.15) is 5.75 Å². The summed E-state index contributed by atoms with van der Waals surface area (Å²) in [6, 6.07) is 11.0. The highest BCUT2D eigenvalue weighted by Gasteiger charge is 2.10. The molecular weight excluding hydrogens is 230 g/mol. The summed E-state index contributed by atoms with van der Waals surface area (Å²) in [5, 5.41) is 13.2. The lowest BCUT2D eigenvalue weighted by molar-refractivity contribution is 0.431. The van der Waals surface area contributed by atoms with Crippen LogP contribution in [0.1, 0.15) is 0 Å². The maximum atomic E-state index is 9.35. The molecule has 18 heavy (non-hydrogen) atoms. The van der Waals surface area contributed by atoms with Gasteiger partial charge in [-0.05, 0) is 6.07 Å². The molecule has 3 rings (SSSR count). The first kappa shape index (κ1) is 10.5. The Morgan fingerprint density at radius 2 is 1.83 bits per heavy atom. The molecule has 0 aliphatic carbocycles. The Morgan fingerprint density at radius 3 is 2.61 bits per heavy atom. The summed E-state index contributed by atoms with van der Waals surface area (Å²) in [4.78, 5) is 8.13. The Hall–Kier alpha value is -2.69. The van der Waals surface area contributed by atoms with Crippen molar-refractivity contribution in [1.82, 2.24) is 15.1 Å². The number of rotatable bonds is 2. The molecule has 0 bridgehead atoms. The van der Waals surface area contributed by atoms with E-state index in [0.29, 0.717) is 17.3 Å². The van der Waals surface area contributed by atoms with Crippen LogP contribution in [0.3, 0.4) is 0 Å². The summed E-state index contributed by atoms with van der Waals surface area (Å²) in [6.45, 7) is 0. The summed E-state index contributed by atoms with van der Waals surface area (Å²) in [5.74, 6) is 0.901. The first-order valence-corrected chi connectivity index (χ1v) is 5.36. The van der Waals surface area contributed by atoms with Crippen LogP contribution >= 0.6 is 0 Å². The minimum Gasteiger partial charge on any atom is -0.506 e. The van der Waals surface area contributed by atoms with E-state index in [9.17, 15) is 5.11 Å². The number of hydrogen-bond donors (Lipinski definition) is 1. The van der Waals surface area contributed by atoms with Gasteiger partial charge in [0, 0.05) is 11.8 Å². The van der Waals surface area contributed by atoms with Crippen LogP contribution in [-0.4, -0.2) is 20.2 Å². The molecule has 0 fully saturated rings. The van der Waals surface area contributed by atoms with Gasteiger partial charge < -0.3 is 9.63 Å². The quantitative estimate of drug-likeness (QED) is 0.743. The second-order valence-electron chi connectivity index (χ2n) is 3.72. The fraction of sp³-hybridized carbons (Fsp3) is 0. The van der Waals surface area contributed by atoms with Crippen molar-refractivity contribution in [2.24, 2.45) is 0 Å². The van der Waals surface area contributed by atoms with Gasteiger partial charge in [-0.2, -0.15) is 4.98 Å². The summed E-state index contributed by atoms with van der Waals surface area (Å²) in [6.07, 6.45) is 2.90. The van der Waals surface area contributed by atoms with Gasteiger partial charge in [-0.1, -0.05) is 35.5 Å². The van der Waals surface area contributed by atoms with Crippen LogP contribution in [-0.2, 0) is 0 Å². The first-order chi connectivity index (χ1) is 8.83. The minimum absolute atomic E-state index is 0.0620. The molecule has 5 heteroatoms. The molecule has 1 aromatic carbocycles. The van der Waals surface area contributed by atoms with Gasteiger partial charge in [0.25, 0.3) is 5.89 Å². The van der Waals surface area contributed by atoms with Crippen molar-refractivity contribution in [2.45, 2.75) is 0 Å². The molecule has 0 saturated heterocycles. The van der Waals surface area contributed by atoms with Crippen molar-refractivity contribution < 1.29 is 9.63 Å². The summed E-state index contributed by atoms with van der Waals surface area (Å²) < 4.78 is 5.15. The van der Waals surface area contributed by atoms with Crippen LogP contribution < -0.4 is 0 Å². The van der Waals surface area contributed by atoms with Gasteiger partial charge in [-0.25, -0.2) is 0 Å². The molecule has 1 N–H and O–H groups in total. The van der Waals surface area contributed by atoms with Crippen LogP contribution in [0.4, 0.5) is 0 Å². The van der Waals surface area contributed by atoms with E-state index in [1.54, 1.807) is 6.20 Å². The zero-order chi connectivity index (χ0) is 12.4. The second-order valence-corrected chi connectivity index (χ2v) is 3.72. The Kier molecular flexibility index (Phi) is 2.49. The Labute approximate surface area is 103 Å². The van der Waals surface area contributed by atoms with E-state index in [1.807, 2.05) is 30.3 Å². The molecule has 0 aliphatic rings. The van der Waals surface area contributed by atoms with E-state index in [0.717, 1.165) is 5.56 Å². The summed E-state index contributed by atoms with van der Waals surface area (Å²) in [7, 11) is 0. The van der Waals surface area contributed by atoms with Crippen LogP contribution in [0.15, 0.2) is 53.3 Å². The largest absolute Gasteiger partial charge is 0.506 e. The SMILES string of the molecule is Oc1cncc(-c2nc(-c3ccccc3)no2)c1. The molecule has 5 nitrogen and oxygen atoms in total. The van der Waals surface area contributed by atoms with Gasteiger partial charge >= 0.3 is 0 Å². The van der Waals surface area contributed by atoms with Crippen molar-refractivity contribution in [3.63, 3.8) is 0 Å². The predicted molar refractivity (Wildman–Crippen MR) is 64.6 cm³/mol. The molecule has 0 saturated carbocycles. The molecule has 0 amide bonds. The number of aromatic hydroxyl groups is 1. The Bertz CT molecular complexity index is 665. The van der Waals surface area contributed by atoms with E-state index in [4.69, 9.17) is 4.52 Å². The van der Waals surface area contributed by atoms with Crippen molar-refractivity contribution in [2.75, 3.05) is 0 Å². The molecule has 2 heterocycles. The van der Waals surface area contributed by atoms with Crippen molar-refractivity contribution >= 4 is 0 Å². The van der Waals surface area contributed by atoms with E-state index in [2.05, 4.69) is 15.1 Å². The number of nitrogens with zero attached hydrogens (tertiary/aromatic N) is 3. The van der Waals surface area contributed by atoms with Crippen molar-refractivity contribution in [3.05, 3.63) is 48.8 Å². The monoisotopic (exact) mass is 239 g/mol. The van der Waals surface area contributed by atoms with Crippen molar-refractivity contribution in [1.29, 1.82) is 0 Å². The van der Waals surface area contributed by atoms with Crippen LogP contribution in [0, 0.1) is 0 Å². The topological polar surface area (TPSA) is 72.0 Å². The normalized spacial score (nSPS) is 10.4. The maximum absolute atomic E-state index is 9.35. The van der Waals surface area contributed by atoms with Crippen LogP contribution in [0.5, 0.6) is 5.75 Å².